The molecule has 0 fully saturated rings. The van der Waals surface area contributed by atoms with Gasteiger partial charge < -0.3 is 14.4 Å². The van der Waals surface area contributed by atoms with Crippen molar-refractivity contribution in [3.63, 3.8) is 0 Å². The number of nitriles is 1. The molecule has 0 spiro atoms. The summed E-state index contributed by atoms with van der Waals surface area (Å²) >= 11 is 0. The van der Waals surface area contributed by atoms with Crippen LogP contribution in [0.15, 0.2) is 36.7 Å². The van der Waals surface area contributed by atoms with Crippen LogP contribution < -0.4 is 4.74 Å². The van der Waals surface area contributed by atoms with E-state index in [1.165, 1.54) is 0 Å². The van der Waals surface area contributed by atoms with Crippen LogP contribution in [0.2, 0.25) is 0 Å². The highest BCUT2D eigenvalue weighted by molar-refractivity contribution is 5.45. The summed E-state index contributed by atoms with van der Waals surface area (Å²) in [4.78, 5) is 0. The average Bonchev–Trinajstić information content (AvgIpc) is 2.86. The largest absolute Gasteiger partial charge is 0.495 e. The Balaban J connectivity index is 2.22. The Labute approximate surface area is 106 Å². The van der Waals surface area contributed by atoms with Crippen LogP contribution in [-0.4, -0.2) is 16.8 Å². The van der Waals surface area contributed by atoms with Gasteiger partial charge in [0.05, 0.1) is 19.3 Å². The molecule has 0 saturated heterocycles. The van der Waals surface area contributed by atoms with Crippen molar-refractivity contribution in [2.24, 2.45) is 0 Å². The van der Waals surface area contributed by atoms with Crippen molar-refractivity contribution in [2.45, 2.75) is 13.2 Å². The summed E-state index contributed by atoms with van der Waals surface area (Å²) in [7, 11) is 1.55. The van der Waals surface area contributed by atoms with E-state index < -0.39 is 0 Å². The molecule has 18 heavy (non-hydrogen) atoms. The lowest BCUT2D eigenvalue weighted by molar-refractivity contribution is 0.282. The number of aromatic nitrogens is 1. The van der Waals surface area contributed by atoms with Gasteiger partial charge in [-0.05, 0) is 29.3 Å². The molecular formula is C14H14N2O2. The zero-order valence-electron chi connectivity index (χ0n) is 10.1. The molecule has 0 aliphatic carbocycles. The molecule has 0 aliphatic rings. The Bertz CT molecular complexity index is 582. The topological polar surface area (TPSA) is 58.2 Å². The van der Waals surface area contributed by atoms with Crippen molar-refractivity contribution < 1.29 is 9.84 Å². The quantitative estimate of drug-likeness (QED) is 0.891. The van der Waals surface area contributed by atoms with Crippen LogP contribution in [0.3, 0.4) is 0 Å². The molecular weight excluding hydrogens is 228 g/mol. The Kier molecular flexibility index (Phi) is 3.66. The van der Waals surface area contributed by atoms with Crippen molar-refractivity contribution >= 4 is 0 Å². The zero-order valence-corrected chi connectivity index (χ0v) is 10.1. The number of hydrogen-bond donors (Lipinski definition) is 1. The summed E-state index contributed by atoms with van der Waals surface area (Å²) in [5, 5.41) is 18.0. The predicted octanol–water partition coefficient (Wildman–Crippen LogP) is 1.91. The fraction of sp³-hybridized carbons (Fsp3) is 0.214. The third kappa shape index (κ3) is 2.53. The highest BCUT2D eigenvalue weighted by Crippen LogP contribution is 2.19. The molecule has 0 saturated carbocycles. The Hall–Kier alpha value is -2.25. The highest BCUT2D eigenvalue weighted by Gasteiger charge is 2.04. The molecule has 1 aromatic carbocycles. The van der Waals surface area contributed by atoms with Gasteiger partial charge in [-0.2, -0.15) is 5.26 Å². The minimum atomic E-state index is 0.0407. The first-order valence-corrected chi connectivity index (χ1v) is 5.59. The lowest BCUT2D eigenvalue weighted by Gasteiger charge is -2.07. The molecule has 0 radical (unpaired) electrons. The molecule has 2 aromatic rings. The highest BCUT2D eigenvalue weighted by atomic mass is 16.5. The Morgan fingerprint density at radius 2 is 2.17 bits per heavy atom. The third-order valence-electron chi connectivity index (χ3n) is 2.74. The first kappa shape index (κ1) is 12.2. The molecule has 4 heteroatoms. The second-order valence-electron chi connectivity index (χ2n) is 4.00. The summed E-state index contributed by atoms with van der Waals surface area (Å²) in [5.41, 5.74) is 2.43. The smallest absolute Gasteiger partial charge is 0.136 e. The predicted molar refractivity (Wildman–Crippen MR) is 67.2 cm³/mol. The molecule has 1 aromatic heterocycles. The van der Waals surface area contributed by atoms with E-state index in [0.29, 0.717) is 17.9 Å². The molecule has 0 atom stereocenters. The van der Waals surface area contributed by atoms with Crippen molar-refractivity contribution in [3.05, 3.63) is 53.3 Å². The van der Waals surface area contributed by atoms with Crippen LogP contribution >= 0.6 is 0 Å². The van der Waals surface area contributed by atoms with Crippen molar-refractivity contribution in [3.8, 4) is 11.8 Å². The van der Waals surface area contributed by atoms with Crippen molar-refractivity contribution in [1.29, 1.82) is 5.26 Å². The second kappa shape index (κ2) is 5.39. The van der Waals surface area contributed by atoms with Gasteiger partial charge in [0, 0.05) is 18.9 Å². The van der Waals surface area contributed by atoms with Gasteiger partial charge in [0.1, 0.15) is 11.8 Å². The minimum absolute atomic E-state index is 0.0407. The zero-order chi connectivity index (χ0) is 13.0. The van der Waals surface area contributed by atoms with Gasteiger partial charge in [-0.3, -0.25) is 0 Å². The van der Waals surface area contributed by atoms with Crippen LogP contribution in [0.4, 0.5) is 0 Å². The van der Waals surface area contributed by atoms with E-state index in [9.17, 15) is 0 Å². The molecule has 2 rings (SSSR count). The summed E-state index contributed by atoms with van der Waals surface area (Å²) in [6.07, 6.45) is 3.79. The molecule has 0 aliphatic heterocycles. The number of hydrogen-bond acceptors (Lipinski definition) is 3. The summed E-state index contributed by atoms with van der Waals surface area (Å²) in [5.74, 6) is 0.588. The molecule has 0 bridgehead atoms. The number of methoxy groups -OCH3 is 1. The molecule has 1 heterocycles. The molecule has 0 unspecified atom stereocenters. The maximum absolute atomic E-state index is 9.01. The van der Waals surface area contributed by atoms with E-state index >= 15 is 0 Å². The van der Waals surface area contributed by atoms with Gasteiger partial charge >= 0.3 is 0 Å². The first-order chi connectivity index (χ1) is 8.76. The van der Waals surface area contributed by atoms with Crippen LogP contribution in [0.25, 0.3) is 0 Å². The second-order valence-corrected chi connectivity index (χ2v) is 4.00. The van der Waals surface area contributed by atoms with Crippen LogP contribution in [0, 0.1) is 11.3 Å². The average molecular weight is 242 g/mol. The van der Waals surface area contributed by atoms with Crippen LogP contribution in [0.1, 0.15) is 16.7 Å². The van der Waals surface area contributed by atoms with Gasteiger partial charge in [0.2, 0.25) is 0 Å². The lowest BCUT2D eigenvalue weighted by atomic mass is 10.1. The van der Waals surface area contributed by atoms with E-state index in [4.69, 9.17) is 15.1 Å². The number of nitrogens with zero attached hydrogens (tertiary/aromatic N) is 2. The standard InChI is InChI=1S/C14H14N2O2/c1-18-14-3-2-11(6-13(14)7-15)8-16-5-4-12(9-16)10-17/h2-6,9,17H,8,10H2,1H3. The SMILES string of the molecule is COc1ccc(Cn2ccc(CO)c2)cc1C#N. The Morgan fingerprint density at radius 3 is 2.78 bits per heavy atom. The maximum atomic E-state index is 9.01. The fourth-order valence-corrected chi connectivity index (χ4v) is 1.83. The lowest BCUT2D eigenvalue weighted by Crippen LogP contribution is -1.98. The van der Waals surface area contributed by atoms with E-state index in [2.05, 4.69) is 6.07 Å². The van der Waals surface area contributed by atoms with E-state index in [-0.39, 0.29) is 6.61 Å². The minimum Gasteiger partial charge on any atom is -0.495 e. The molecule has 1 N–H and O–H groups in total. The van der Waals surface area contributed by atoms with Crippen molar-refractivity contribution in [1.82, 2.24) is 4.57 Å². The summed E-state index contributed by atoms with van der Waals surface area (Å²) in [6, 6.07) is 9.53. The van der Waals surface area contributed by atoms with Gasteiger partial charge in [0.25, 0.3) is 0 Å². The van der Waals surface area contributed by atoms with E-state index in [1.807, 2.05) is 35.2 Å². The monoisotopic (exact) mass is 242 g/mol. The van der Waals surface area contributed by atoms with E-state index in [1.54, 1.807) is 13.2 Å². The number of aliphatic hydroxyl groups is 1. The van der Waals surface area contributed by atoms with Crippen LogP contribution in [-0.2, 0) is 13.2 Å². The Morgan fingerprint density at radius 1 is 1.33 bits per heavy atom. The van der Waals surface area contributed by atoms with Crippen molar-refractivity contribution in [2.75, 3.05) is 7.11 Å². The summed E-state index contributed by atoms with van der Waals surface area (Å²) < 4.78 is 7.07. The van der Waals surface area contributed by atoms with Gasteiger partial charge in [0.15, 0.2) is 0 Å². The summed E-state index contributed by atoms with van der Waals surface area (Å²) in [6.45, 7) is 0.706. The fourth-order valence-electron chi connectivity index (χ4n) is 1.83. The maximum Gasteiger partial charge on any atom is 0.136 e. The molecule has 92 valence electrons. The van der Waals surface area contributed by atoms with Gasteiger partial charge in [-0.25, -0.2) is 0 Å². The number of benzene rings is 1. The van der Waals surface area contributed by atoms with E-state index in [0.717, 1.165) is 11.1 Å². The normalized spacial score (nSPS) is 10.1. The van der Waals surface area contributed by atoms with Gasteiger partial charge in [-0.1, -0.05) is 6.07 Å². The van der Waals surface area contributed by atoms with Gasteiger partial charge in [-0.15, -0.1) is 0 Å². The number of rotatable bonds is 4. The number of aliphatic hydroxyl groups excluding tert-OH is 1. The van der Waals surface area contributed by atoms with Crippen LogP contribution in [0.5, 0.6) is 5.75 Å². The molecule has 4 nitrogen and oxygen atoms in total. The first-order valence-electron chi connectivity index (χ1n) is 5.59. The third-order valence-corrected chi connectivity index (χ3v) is 2.74. The molecule has 0 amide bonds. The number of ether oxygens (including phenoxy) is 1.